The van der Waals surface area contributed by atoms with Crippen molar-refractivity contribution in [1.82, 2.24) is 0 Å². The van der Waals surface area contributed by atoms with Gasteiger partial charge in [0.05, 0.1) is 11.1 Å². The predicted octanol–water partition coefficient (Wildman–Crippen LogP) is 2.52. The van der Waals surface area contributed by atoms with Crippen LogP contribution in [0.25, 0.3) is 0 Å². The van der Waals surface area contributed by atoms with E-state index >= 15 is 0 Å². The van der Waals surface area contributed by atoms with Crippen LogP contribution in [-0.4, -0.2) is 16.6 Å². The van der Waals surface area contributed by atoms with Crippen molar-refractivity contribution in [1.29, 1.82) is 0 Å². The third kappa shape index (κ3) is 2.77. The monoisotopic (exact) mass is 217 g/mol. The lowest BCUT2D eigenvalue weighted by Crippen LogP contribution is -2.28. The number of hydrogen-bond donors (Lipinski definition) is 2. The van der Waals surface area contributed by atoms with Crippen molar-refractivity contribution in [3.8, 4) is 12.3 Å². The second-order valence-corrected chi connectivity index (χ2v) is 4.23. The van der Waals surface area contributed by atoms with Crippen LogP contribution in [0.3, 0.4) is 0 Å². The van der Waals surface area contributed by atoms with E-state index < -0.39 is 11.5 Å². The number of nitrogens with one attached hydrogen (secondary N) is 1. The smallest absolute Gasteiger partial charge is 0.335 e. The molecule has 0 saturated heterocycles. The molecule has 0 aliphatic rings. The van der Waals surface area contributed by atoms with Gasteiger partial charge in [-0.05, 0) is 44.5 Å². The van der Waals surface area contributed by atoms with Crippen molar-refractivity contribution in [2.24, 2.45) is 0 Å². The quantitative estimate of drug-likeness (QED) is 0.765. The molecule has 3 nitrogen and oxygen atoms in total. The summed E-state index contributed by atoms with van der Waals surface area (Å²) in [6.07, 6.45) is 5.36. The van der Waals surface area contributed by atoms with Crippen LogP contribution in [0, 0.1) is 19.3 Å². The molecule has 0 aliphatic heterocycles. The molecular formula is C13H15NO2. The normalized spacial score (nSPS) is 10.6. The van der Waals surface area contributed by atoms with E-state index in [1.807, 2.05) is 13.8 Å². The summed E-state index contributed by atoms with van der Waals surface area (Å²) in [4.78, 5) is 10.8. The zero-order valence-corrected chi connectivity index (χ0v) is 9.66. The fourth-order valence-corrected chi connectivity index (χ4v) is 1.38. The molecule has 0 aromatic heterocycles. The van der Waals surface area contributed by atoms with Crippen LogP contribution >= 0.6 is 0 Å². The van der Waals surface area contributed by atoms with E-state index in [0.29, 0.717) is 11.1 Å². The maximum Gasteiger partial charge on any atom is 0.335 e. The summed E-state index contributed by atoms with van der Waals surface area (Å²) in [5, 5.41) is 12.0. The van der Waals surface area contributed by atoms with Gasteiger partial charge in [-0.15, -0.1) is 6.42 Å². The van der Waals surface area contributed by atoms with Gasteiger partial charge in [0, 0.05) is 5.69 Å². The van der Waals surface area contributed by atoms with Gasteiger partial charge in [-0.3, -0.25) is 0 Å². The highest BCUT2D eigenvalue weighted by molar-refractivity contribution is 5.89. The van der Waals surface area contributed by atoms with Gasteiger partial charge in [0.15, 0.2) is 0 Å². The number of aromatic carboxylic acids is 1. The molecule has 0 atom stereocenters. The zero-order chi connectivity index (χ0) is 12.3. The van der Waals surface area contributed by atoms with E-state index in [-0.39, 0.29) is 0 Å². The number of carboxylic acid groups (broad SMARTS) is 1. The van der Waals surface area contributed by atoms with Crippen LogP contribution in [0.1, 0.15) is 29.8 Å². The molecule has 3 heteroatoms. The molecule has 1 rings (SSSR count). The number of benzene rings is 1. The zero-order valence-electron chi connectivity index (χ0n) is 9.66. The fraction of sp³-hybridized carbons (Fsp3) is 0.308. The minimum atomic E-state index is -0.916. The molecule has 0 bridgehead atoms. The van der Waals surface area contributed by atoms with Crippen LogP contribution in [-0.2, 0) is 0 Å². The van der Waals surface area contributed by atoms with Crippen molar-refractivity contribution >= 4 is 11.7 Å². The first-order chi connectivity index (χ1) is 7.35. The third-order valence-corrected chi connectivity index (χ3v) is 2.27. The maximum atomic E-state index is 10.8. The lowest BCUT2D eigenvalue weighted by atomic mass is 10.0. The van der Waals surface area contributed by atoms with Gasteiger partial charge in [-0.25, -0.2) is 4.79 Å². The molecule has 1 aromatic carbocycles. The average Bonchev–Trinajstić information content (AvgIpc) is 2.16. The summed E-state index contributed by atoms with van der Waals surface area (Å²) in [5.41, 5.74) is 1.40. The molecular weight excluding hydrogens is 202 g/mol. The first-order valence-corrected chi connectivity index (χ1v) is 4.95. The minimum absolute atomic E-state index is 0.309. The predicted molar refractivity (Wildman–Crippen MR) is 64.7 cm³/mol. The minimum Gasteiger partial charge on any atom is -0.478 e. The number of carbonyl (C=O) groups is 1. The lowest BCUT2D eigenvalue weighted by molar-refractivity contribution is 0.0696. The summed E-state index contributed by atoms with van der Waals surface area (Å²) in [7, 11) is 0. The van der Waals surface area contributed by atoms with Crippen LogP contribution in [0.2, 0.25) is 0 Å². The van der Waals surface area contributed by atoms with E-state index in [9.17, 15) is 4.79 Å². The molecule has 0 fully saturated rings. The molecule has 0 heterocycles. The average molecular weight is 217 g/mol. The van der Waals surface area contributed by atoms with Crippen molar-refractivity contribution < 1.29 is 9.90 Å². The molecule has 0 amide bonds. The van der Waals surface area contributed by atoms with Crippen molar-refractivity contribution in [3.63, 3.8) is 0 Å². The molecule has 0 saturated carbocycles. The van der Waals surface area contributed by atoms with Gasteiger partial charge in [0.1, 0.15) is 0 Å². The standard InChI is InChI=1S/C13H15NO2/c1-5-13(3,4)14-10-6-7-11(12(15)16)9(2)8-10/h1,6-8,14H,2-4H3,(H,15,16). The summed E-state index contributed by atoms with van der Waals surface area (Å²) >= 11 is 0. The largest absolute Gasteiger partial charge is 0.478 e. The Bertz CT molecular complexity index is 455. The maximum absolute atomic E-state index is 10.8. The Labute approximate surface area is 95.5 Å². The highest BCUT2D eigenvalue weighted by Gasteiger charge is 2.14. The second kappa shape index (κ2) is 4.28. The van der Waals surface area contributed by atoms with E-state index in [1.165, 1.54) is 0 Å². The van der Waals surface area contributed by atoms with Gasteiger partial charge in [0.25, 0.3) is 0 Å². The van der Waals surface area contributed by atoms with Crippen molar-refractivity contribution in [2.45, 2.75) is 26.3 Å². The van der Waals surface area contributed by atoms with E-state index in [1.54, 1.807) is 25.1 Å². The van der Waals surface area contributed by atoms with Crippen LogP contribution in [0.5, 0.6) is 0 Å². The molecule has 2 N–H and O–H groups in total. The summed E-state index contributed by atoms with van der Waals surface area (Å²) in [6, 6.07) is 5.07. The Balaban J connectivity index is 2.99. The number of aryl methyl sites for hydroxylation is 1. The van der Waals surface area contributed by atoms with Crippen LogP contribution in [0.4, 0.5) is 5.69 Å². The molecule has 0 spiro atoms. The van der Waals surface area contributed by atoms with Gasteiger partial charge < -0.3 is 10.4 Å². The van der Waals surface area contributed by atoms with E-state index in [2.05, 4.69) is 11.2 Å². The van der Waals surface area contributed by atoms with Gasteiger partial charge in [-0.1, -0.05) is 5.92 Å². The van der Waals surface area contributed by atoms with Crippen molar-refractivity contribution in [3.05, 3.63) is 29.3 Å². The number of carboxylic acids is 1. The first-order valence-electron chi connectivity index (χ1n) is 4.95. The SMILES string of the molecule is C#CC(C)(C)Nc1ccc(C(=O)O)c(C)c1. The Morgan fingerprint density at radius 2 is 2.12 bits per heavy atom. The molecule has 0 unspecified atom stereocenters. The van der Waals surface area contributed by atoms with Crippen LogP contribution < -0.4 is 5.32 Å². The molecule has 84 valence electrons. The van der Waals surface area contributed by atoms with Crippen molar-refractivity contribution in [2.75, 3.05) is 5.32 Å². The third-order valence-electron chi connectivity index (χ3n) is 2.27. The van der Waals surface area contributed by atoms with Gasteiger partial charge >= 0.3 is 5.97 Å². The Morgan fingerprint density at radius 1 is 1.50 bits per heavy atom. The topological polar surface area (TPSA) is 49.3 Å². The highest BCUT2D eigenvalue weighted by atomic mass is 16.4. The highest BCUT2D eigenvalue weighted by Crippen LogP contribution is 2.18. The number of rotatable bonds is 3. The Morgan fingerprint density at radius 3 is 2.56 bits per heavy atom. The molecule has 16 heavy (non-hydrogen) atoms. The lowest BCUT2D eigenvalue weighted by Gasteiger charge is -2.21. The summed E-state index contributed by atoms with van der Waals surface area (Å²) < 4.78 is 0. The number of terminal acetylenes is 1. The summed E-state index contributed by atoms with van der Waals surface area (Å²) in [5.74, 6) is 1.70. The fourth-order valence-electron chi connectivity index (χ4n) is 1.38. The Kier molecular flexibility index (Phi) is 3.24. The Hall–Kier alpha value is -1.95. The van der Waals surface area contributed by atoms with Gasteiger partial charge in [-0.2, -0.15) is 0 Å². The first kappa shape index (κ1) is 12.1. The van der Waals surface area contributed by atoms with E-state index in [4.69, 9.17) is 11.5 Å². The molecule has 0 radical (unpaired) electrons. The van der Waals surface area contributed by atoms with E-state index in [0.717, 1.165) is 5.69 Å². The number of anilines is 1. The molecule has 1 aromatic rings. The molecule has 0 aliphatic carbocycles. The number of hydrogen-bond acceptors (Lipinski definition) is 2. The second-order valence-electron chi connectivity index (χ2n) is 4.23. The van der Waals surface area contributed by atoms with Gasteiger partial charge in [0.2, 0.25) is 0 Å². The summed E-state index contributed by atoms with van der Waals surface area (Å²) in [6.45, 7) is 5.53. The van der Waals surface area contributed by atoms with Crippen LogP contribution in [0.15, 0.2) is 18.2 Å².